The summed E-state index contributed by atoms with van der Waals surface area (Å²) in [6.07, 6.45) is 5.22. The van der Waals surface area contributed by atoms with Gasteiger partial charge in [-0.3, -0.25) is 13.9 Å². The molecule has 0 unspecified atom stereocenters. The lowest BCUT2D eigenvalue weighted by Gasteiger charge is -2.34. The van der Waals surface area contributed by atoms with Gasteiger partial charge in [-0.15, -0.1) is 0 Å². The molecule has 0 radical (unpaired) electrons. The van der Waals surface area contributed by atoms with Gasteiger partial charge in [0.1, 0.15) is 24.1 Å². The van der Waals surface area contributed by atoms with Gasteiger partial charge in [-0.2, -0.15) is 0 Å². The summed E-state index contributed by atoms with van der Waals surface area (Å²) in [6, 6.07) is 21.1. The van der Waals surface area contributed by atoms with Crippen LogP contribution in [0.1, 0.15) is 42.4 Å². The van der Waals surface area contributed by atoms with Gasteiger partial charge >= 0.3 is 0 Å². The van der Waals surface area contributed by atoms with Crippen molar-refractivity contribution in [3.8, 4) is 11.5 Å². The first-order valence-corrected chi connectivity index (χ1v) is 16.3. The van der Waals surface area contributed by atoms with Crippen LogP contribution in [0.15, 0.2) is 72.8 Å². The lowest BCUT2D eigenvalue weighted by atomic mass is 10.0. The van der Waals surface area contributed by atoms with E-state index in [1.165, 1.54) is 19.1 Å². The van der Waals surface area contributed by atoms with E-state index in [0.29, 0.717) is 5.75 Å². The molecule has 1 atom stereocenters. The number of hydrogen-bond donors (Lipinski definition) is 1. The minimum atomic E-state index is -3.94. The van der Waals surface area contributed by atoms with Crippen LogP contribution >= 0.6 is 0 Å². The van der Waals surface area contributed by atoms with E-state index in [4.69, 9.17) is 9.47 Å². The molecule has 1 aliphatic rings. The van der Waals surface area contributed by atoms with Gasteiger partial charge in [0, 0.05) is 25.1 Å². The monoisotopic (exact) mass is 607 g/mol. The number of hydrogen-bond acceptors (Lipinski definition) is 6. The first-order valence-electron chi connectivity index (χ1n) is 14.5. The molecule has 1 saturated carbocycles. The van der Waals surface area contributed by atoms with Gasteiger partial charge in [0.15, 0.2) is 0 Å². The van der Waals surface area contributed by atoms with Gasteiger partial charge < -0.3 is 19.7 Å². The van der Waals surface area contributed by atoms with Gasteiger partial charge in [-0.1, -0.05) is 67.4 Å². The van der Waals surface area contributed by atoms with E-state index in [0.717, 1.165) is 52.9 Å². The molecule has 1 fully saturated rings. The van der Waals surface area contributed by atoms with Crippen LogP contribution < -0.4 is 19.1 Å². The molecule has 2 amide bonds. The summed E-state index contributed by atoms with van der Waals surface area (Å²) in [4.78, 5) is 29.9. The minimum absolute atomic E-state index is 0.0530. The second-order valence-corrected chi connectivity index (χ2v) is 12.9. The van der Waals surface area contributed by atoms with E-state index in [2.05, 4.69) is 5.32 Å². The number of benzene rings is 3. The average Bonchev–Trinajstić information content (AvgIpc) is 3.51. The van der Waals surface area contributed by atoms with Crippen molar-refractivity contribution in [2.45, 2.75) is 57.7 Å². The molecule has 0 spiro atoms. The Morgan fingerprint density at radius 2 is 1.63 bits per heavy atom. The Morgan fingerprint density at radius 1 is 0.953 bits per heavy atom. The topological polar surface area (TPSA) is 105 Å². The van der Waals surface area contributed by atoms with Gasteiger partial charge in [-0.05, 0) is 48.6 Å². The molecule has 230 valence electrons. The molecule has 0 aromatic heterocycles. The van der Waals surface area contributed by atoms with Crippen LogP contribution in [0.25, 0.3) is 0 Å². The fourth-order valence-corrected chi connectivity index (χ4v) is 6.33. The SMILES string of the molecule is COc1ccc(N(CC(=O)N(Cc2ccccc2C)[C@H](Cc2ccccc2)C(=O)NC2CCCC2)S(C)(=O)=O)c(OC)c1. The third kappa shape index (κ3) is 8.28. The zero-order chi connectivity index (χ0) is 31.0. The molecule has 0 aliphatic heterocycles. The molecule has 1 aliphatic carbocycles. The van der Waals surface area contributed by atoms with Crippen LogP contribution in [0.2, 0.25) is 0 Å². The fraction of sp³-hybridized carbons (Fsp3) is 0.394. The van der Waals surface area contributed by atoms with Gasteiger partial charge in [0.25, 0.3) is 0 Å². The van der Waals surface area contributed by atoms with E-state index < -0.39 is 28.5 Å². The van der Waals surface area contributed by atoms with E-state index in [-0.39, 0.29) is 36.4 Å². The fourth-order valence-electron chi connectivity index (χ4n) is 5.48. The molecule has 0 heterocycles. The van der Waals surface area contributed by atoms with Gasteiger partial charge in [0.2, 0.25) is 21.8 Å². The van der Waals surface area contributed by atoms with E-state index in [1.54, 1.807) is 18.2 Å². The average molecular weight is 608 g/mol. The number of sulfonamides is 1. The summed E-state index contributed by atoms with van der Waals surface area (Å²) in [5, 5.41) is 3.18. The van der Waals surface area contributed by atoms with E-state index in [9.17, 15) is 18.0 Å². The first-order chi connectivity index (χ1) is 20.6. The summed E-state index contributed by atoms with van der Waals surface area (Å²) in [5.74, 6) is -0.0319. The standard InChI is InChI=1S/C33H41N3O6S/c1-24-12-8-9-15-26(24)22-35(30(20-25-13-6-5-7-14-25)33(38)34-27-16-10-11-17-27)32(37)23-36(43(4,39)40)29-19-18-28(41-2)21-31(29)42-3/h5-9,12-15,18-19,21,27,30H,10-11,16-17,20,22-23H2,1-4H3,(H,34,38)/t30-/m1/s1. The predicted molar refractivity (Wildman–Crippen MR) is 168 cm³/mol. The highest BCUT2D eigenvalue weighted by atomic mass is 32.2. The number of methoxy groups -OCH3 is 2. The van der Waals surface area contributed by atoms with Crippen molar-refractivity contribution in [3.63, 3.8) is 0 Å². The van der Waals surface area contributed by atoms with Crippen molar-refractivity contribution < 1.29 is 27.5 Å². The van der Waals surface area contributed by atoms with Crippen LogP contribution in [-0.4, -0.2) is 64.2 Å². The Morgan fingerprint density at radius 3 is 2.26 bits per heavy atom. The minimum Gasteiger partial charge on any atom is -0.497 e. The number of carbonyl (C=O) groups excluding carboxylic acids is 2. The van der Waals surface area contributed by atoms with Crippen molar-refractivity contribution in [3.05, 3.63) is 89.5 Å². The van der Waals surface area contributed by atoms with Gasteiger partial charge in [0.05, 0.1) is 26.2 Å². The molecular formula is C33H41N3O6S. The summed E-state index contributed by atoms with van der Waals surface area (Å²) in [5.41, 5.74) is 2.93. The number of ether oxygens (including phenoxy) is 2. The summed E-state index contributed by atoms with van der Waals surface area (Å²) in [7, 11) is -1.01. The Hall–Kier alpha value is -4.05. The normalized spacial score (nSPS) is 14.1. The van der Waals surface area contributed by atoms with Crippen molar-refractivity contribution in [2.24, 2.45) is 0 Å². The third-order valence-electron chi connectivity index (χ3n) is 7.91. The molecule has 3 aromatic carbocycles. The molecular weight excluding hydrogens is 566 g/mol. The number of aryl methyl sites for hydroxylation is 1. The summed E-state index contributed by atoms with van der Waals surface area (Å²) in [6.45, 7) is 1.57. The highest BCUT2D eigenvalue weighted by molar-refractivity contribution is 7.92. The van der Waals surface area contributed by atoms with Crippen LogP contribution in [-0.2, 0) is 32.6 Å². The number of anilines is 1. The van der Waals surface area contributed by atoms with E-state index >= 15 is 0 Å². The van der Waals surface area contributed by atoms with Crippen LogP contribution in [0.5, 0.6) is 11.5 Å². The Labute approximate surface area is 254 Å². The highest BCUT2D eigenvalue weighted by Gasteiger charge is 2.35. The number of rotatable bonds is 13. The van der Waals surface area contributed by atoms with E-state index in [1.807, 2.05) is 61.5 Å². The van der Waals surface area contributed by atoms with Crippen LogP contribution in [0.4, 0.5) is 5.69 Å². The van der Waals surface area contributed by atoms with Gasteiger partial charge in [-0.25, -0.2) is 8.42 Å². The van der Waals surface area contributed by atoms with Crippen molar-refractivity contribution in [2.75, 3.05) is 31.3 Å². The van der Waals surface area contributed by atoms with Crippen molar-refractivity contribution in [1.82, 2.24) is 10.2 Å². The number of amides is 2. The molecule has 0 saturated heterocycles. The maximum Gasteiger partial charge on any atom is 0.244 e. The second-order valence-electron chi connectivity index (χ2n) is 11.0. The first kappa shape index (κ1) is 31.9. The summed E-state index contributed by atoms with van der Waals surface area (Å²) < 4.78 is 38.1. The molecule has 0 bridgehead atoms. The highest BCUT2D eigenvalue weighted by Crippen LogP contribution is 2.34. The Balaban J connectivity index is 1.76. The number of carbonyl (C=O) groups is 2. The quantitative estimate of drug-likeness (QED) is 0.307. The second kappa shape index (κ2) is 14.4. The molecule has 4 rings (SSSR count). The third-order valence-corrected chi connectivity index (χ3v) is 9.04. The number of nitrogens with zero attached hydrogens (tertiary/aromatic N) is 2. The van der Waals surface area contributed by atoms with Crippen LogP contribution in [0.3, 0.4) is 0 Å². The van der Waals surface area contributed by atoms with Crippen LogP contribution in [0, 0.1) is 6.92 Å². The Bertz CT molecular complexity index is 1510. The maximum absolute atomic E-state index is 14.4. The lowest BCUT2D eigenvalue weighted by molar-refractivity contribution is -0.140. The Kier molecular flexibility index (Phi) is 10.7. The molecule has 1 N–H and O–H groups in total. The molecule has 9 nitrogen and oxygen atoms in total. The smallest absolute Gasteiger partial charge is 0.244 e. The molecule has 10 heteroatoms. The zero-order valence-corrected chi connectivity index (χ0v) is 26.1. The summed E-state index contributed by atoms with van der Waals surface area (Å²) >= 11 is 0. The maximum atomic E-state index is 14.4. The zero-order valence-electron chi connectivity index (χ0n) is 25.3. The lowest BCUT2D eigenvalue weighted by Crippen LogP contribution is -2.54. The largest absolute Gasteiger partial charge is 0.497 e. The molecule has 3 aromatic rings. The predicted octanol–water partition coefficient (Wildman–Crippen LogP) is 4.48. The number of nitrogens with one attached hydrogen (secondary N) is 1. The van der Waals surface area contributed by atoms with Crippen molar-refractivity contribution in [1.29, 1.82) is 0 Å². The molecule has 43 heavy (non-hydrogen) atoms. The van der Waals surface area contributed by atoms with Crippen molar-refractivity contribution >= 4 is 27.5 Å².